The van der Waals surface area contributed by atoms with Crippen LogP contribution >= 0.6 is 11.8 Å². The van der Waals surface area contributed by atoms with Gasteiger partial charge < -0.3 is 14.4 Å². The first kappa shape index (κ1) is 19.2. The molecule has 2 aromatic rings. The Kier molecular flexibility index (Phi) is 4.58. The molecule has 3 aliphatic heterocycles. The average molecular weight is 447 g/mol. The molecule has 0 spiro atoms. The summed E-state index contributed by atoms with van der Waals surface area (Å²) in [5.41, 5.74) is 1.77. The Labute approximate surface area is 176 Å². The number of amidine groups is 1. The number of non-ortho nitro benzene ring substituents is 1. The number of fused-ring (bicyclic) bond motifs is 2. The van der Waals surface area contributed by atoms with Gasteiger partial charge in [-0.3, -0.25) is 15.1 Å². The highest BCUT2D eigenvalue weighted by atomic mass is 32.2. The van der Waals surface area contributed by atoms with Gasteiger partial charge in [0.2, 0.25) is 6.79 Å². The average Bonchev–Trinajstić information content (AvgIpc) is 3.37. The summed E-state index contributed by atoms with van der Waals surface area (Å²) in [5, 5.41) is 11.6. The summed E-state index contributed by atoms with van der Waals surface area (Å²) in [5.74, 6) is 1.93. The third kappa shape index (κ3) is 3.47. The molecule has 2 aromatic carbocycles. The summed E-state index contributed by atoms with van der Waals surface area (Å²) in [6.45, 7) is 0.162. The Morgan fingerprint density at radius 2 is 1.90 bits per heavy atom. The predicted molar refractivity (Wildman–Crippen MR) is 113 cm³/mol. The van der Waals surface area contributed by atoms with Crippen LogP contribution in [0.4, 0.5) is 11.4 Å². The minimum atomic E-state index is -3.14. The molecule has 1 fully saturated rings. The Morgan fingerprint density at radius 1 is 1.13 bits per heavy atom. The van der Waals surface area contributed by atoms with Crippen molar-refractivity contribution in [3.63, 3.8) is 0 Å². The lowest BCUT2D eigenvalue weighted by Gasteiger charge is -2.26. The number of hydrogen-bond donors (Lipinski definition) is 0. The van der Waals surface area contributed by atoms with E-state index >= 15 is 0 Å². The lowest BCUT2D eigenvalue weighted by Crippen LogP contribution is -2.39. The first-order chi connectivity index (χ1) is 14.4. The SMILES string of the molecule is O=[N+]([O-])c1ccc(CSC2=N[C@@H]3CS(=O)(=O)C[C@@H]3N2c2ccc3c(c2)OCO3)cc1. The second kappa shape index (κ2) is 7.17. The maximum absolute atomic E-state index is 12.2. The van der Waals surface area contributed by atoms with Crippen molar-refractivity contribution in [1.82, 2.24) is 0 Å². The molecule has 5 rings (SSSR count). The number of nitro groups is 1. The van der Waals surface area contributed by atoms with Crippen LogP contribution in [0.25, 0.3) is 0 Å². The summed E-state index contributed by atoms with van der Waals surface area (Å²) in [4.78, 5) is 17.1. The summed E-state index contributed by atoms with van der Waals surface area (Å²) in [6.07, 6.45) is 0. The number of nitro benzene ring substituents is 1. The summed E-state index contributed by atoms with van der Waals surface area (Å²) < 4.78 is 35.2. The number of ether oxygens (including phenoxy) is 2. The largest absolute Gasteiger partial charge is 0.454 e. The van der Waals surface area contributed by atoms with E-state index in [-0.39, 0.29) is 36.1 Å². The molecular weight excluding hydrogens is 430 g/mol. The molecule has 11 heteroatoms. The van der Waals surface area contributed by atoms with Crippen LogP contribution in [-0.2, 0) is 15.6 Å². The molecule has 0 N–H and O–H groups in total. The Balaban J connectivity index is 1.41. The van der Waals surface area contributed by atoms with Crippen LogP contribution in [0.5, 0.6) is 11.5 Å². The van der Waals surface area contributed by atoms with Crippen LogP contribution in [0, 0.1) is 10.1 Å². The minimum Gasteiger partial charge on any atom is -0.454 e. The zero-order valence-electron chi connectivity index (χ0n) is 15.6. The van der Waals surface area contributed by atoms with E-state index in [0.717, 1.165) is 16.4 Å². The fourth-order valence-electron chi connectivity index (χ4n) is 3.83. The topological polar surface area (TPSA) is 111 Å². The highest BCUT2D eigenvalue weighted by Gasteiger charge is 2.47. The summed E-state index contributed by atoms with van der Waals surface area (Å²) in [7, 11) is -3.14. The molecule has 0 aliphatic carbocycles. The summed E-state index contributed by atoms with van der Waals surface area (Å²) in [6, 6.07) is 11.4. The van der Waals surface area contributed by atoms with Crippen LogP contribution in [0.1, 0.15) is 5.56 Å². The van der Waals surface area contributed by atoms with Crippen LogP contribution in [0.15, 0.2) is 47.5 Å². The number of thioether (sulfide) groups is 1. The molecule has 9 nitrogen and oxygen atoms in total. The minimum absolute atomic E-state index is 0.0420. The normalized spacial score (nSPS) is 23.3. The van der Waals surface area contributed by atoms with Crippen LogP contribution in [-0.4, -0.2) is 48.9 Å². The van der Waals surface area contributed by atoms with Crippen LogP contribution < -0.4 is 14.4 Å². The zero-order valence-corrected chi connectivity index (χ0v) is 17.3. The molecule has 30 heavy (non-hydrogen) atoms. The lowest BCUT2D eigenvalue weighted by molar-refractivity contribution is -0.384. The number of nitrogens with zero attached hydrogens (tertiary/aromatic N) is 3. The van der Waals surface area contributed by atoms with Crippen LogP contribution in [0.3, 0.4) is 0 Å². The van der Waals surface area contributed by atoms with Gasteiger partial charge >= 0.3 is 0 Å². The second-order valence-corrected chi connectivity index (χ2v) is 10.3. The standard InChI is InChI=1S/C19H17N3O6S2/c23-22(24)13-3-1-12(2-4-13)8-29-19-20-15-9-30(25,26)10-16(15)21(19)14-5-6-17-18(7-14)28-11-27-17/h1-7,15-16H,8-11H2/t15-,16+/m1/s1. The molecule has 0 bridgehead atoms. The molecule has 0 radical (unpaired) electrons. The van der Waals surface area contributed by atoms with Crippen molar-refractivity contribution in [1.29, 1.82) is 0 Å². The van der Waals surface area contributed by atoms with Gasteiger partial charge in [-0.05, 0) is 17.7 Å². The molecule has 3 heterocycles. The number of benzene rings is 2. The van der Waals surface area contributed by atoms with E-state index in [1.165, 1.54) is 23.9 Å². The van der Waals surface area contributed by atoms with E-state index < -0.39 is 14.8 Å². The predicted octanol–water partition coefficient (Wildman–Crippen LogP) is 2.60. The molecule has 0 amide bonds. The Bertz CT molecular complexity index is 1150. The van der Waals surface area contributed by atoms with E-state index in [9.17, 15) is 18.5 Å². The quantitative estimate of drug-likeness (QED) is 0.519. The lowest BCUT2D eigenvalue weighted by atomic mass is 10.1. The van der Waals surface area contributed by atoms with E-state index in [2.05, 4.69) is 0 Å². The van der Waals surface area contributed by atoms with Crippen molar-refractivity contribution in [2.75, 3.05) is 23.2 Å². The number of sulfone groups is 1. The molecular formula is C19H17N3O6S2. The van der Waals surface area contributed by atoms with Gasteiger partial charge in [0.15, 0.2) is 26.5 Å². The first-order valence-electron chi connectivity index (χ1n) is 9.23. The summed E-state index contributed by atoms with van der Waals surface area (Å²) >= 11 is 1.48. The van der Waals surface area contributed by atoms with Gasteiger partial charge in [-0.2, -0.15) is 0 Å². The van der Waals surface area contributed by atoms with Gasteiger partial charge in [0.05, 0.1) is 28.5 Å². The Morgan fingerprint density at radius 3 is 2.67 bits per heavy atom. The van der Waals surface area contributed by atoms with Gasteiger partial charge in [-0.1, -0.05) is 23.9 Å². The highest BCUT2D eigenvalue weighted by molar-refractivity contribution is 8.13. The highest BCUT2D eigenvalue weighted by Crippen LogP contribution is 2.41. The molecule has 2 atom stereocenters. The van der Waals surface area contributed by atoms with E-state index in [1.807, 2.05) is 23.1 Å². The maximum atomic E-state index is 12.2. The molecule has 0 aromatic heterocycles. The van der Waals surface area contributed by atoms with E-state index in [1.54, 1.807) is 12.1 Å². The van der Waals surface area contributed by atoms with Crippen molar-refractivity contribution in [3.8, 4) is 11.5 Å². The van der Waals surface area contributed by atoms with Crippen molar-refractivity contribution in [2.45, 2.75) is 17.8 Å². The van der Waals surface area contributed by atoms with Crippen molar-refractivity contribution >= 4 is 38.1 Å². The molecule has 0 unspecified atom stereocenters. The fourth-order valence-corrected chi connectivity index (χ4v) is 6.75. The van der Waals surface area contributed by atoms with Crippen LogP contribution in [0.2, 0.25) is 0 Å². The number of anilines is 1. The third-order valence-corrected chi connectivity index (χ3v) is 7.99. The monoisotopic (exact) mass is 447 g/mol. The molecule has 1 saturated heterocycles. The molecule has 156 valence electrons. The van der Waals surface area contributed by atoms with Crippen molar-refractivity contribution in [3.05, 3.63) is 58.1 Å². The third-order valence-electron chi connectivity index (χ3n) is 5.26. The van der Waals surface area contributed by atoms with Gasteiger partial charge in [0, 0.05) is 29.6 Å². The van der Waals surface area contributed by atoms with E-state index in [0.29, 0.717) is 17.3 Å². The van der Waals surface area contributed by atoms with E-state index in [4.69, 9.17) is 14.5 Å². The number of hydrogen-bond acceptors (Lipinski definition) is 9. The maximum Gasteiger partial charge on any atom is 0.269 e. The fraction of sp³-hybridized carbons (Fsp3) is 0.316. The smallest absolute Gasteiger partial charge is 0.269 e. The zero-order chi connectivity index (χ0) is 20.9. The molecule has 3 aliphatic rings. The van der Waals surface area contributed by atoms with Crippen molar-refractivity contribution < 1.29 is 22.8 Å². The van der Waals surface area contributed by atoms with Gasteiger partial charge in [0.25, 0.3) is 5.69 Å². The van der Waals surface area contributed by atoms with Gasteiger partial charge in [-0.15, -0.1) is 0 Å². The second-order valence-electron chi connectivity index (χ2n) is 7.24. The van der Waals surface area contributed by atoms with Gasteiger partial charge in [-0.25, -0.2) is 8.42 Å². The number of aliphatic imine (C=N–C) groups is 1. The first-order valence-corrected chi connectivity index (χ1v) is 12.0. The van der Waals surface area contributed by atoms with Gasteiger partial charge in [0.1, 0.15) is 0 Å². The molecule has 0 saturated carbocycles. The number of rotatable bonds is 4. The Hall–Kier alpha value is -2.79. The van der Waals surface area contributed by atoms with Crippen molar-refractivity contribution in [2.24, 2.45) is 4.99 Å².